The number of carbonyl (C=O) groups is 1. The lowest BCUT2D eigenvalue weighted by molar-refractivity contribution is 0.158. The van der Waals surface area contributed by atoms with E-state index in [2.05, 4.69) is 5.32 Å². The molecule has 0 aromatic carbocycles. The lowest BCUT2D eigenvalue weighted by atomic mass is 9.82. The molecule has 1 aliphatic carbocycles. The van der Waals surface area contributed by atoms with E-state index < -0.39 is 0 Å². The molecule has 90 valence electrons. The van der Waals surface area contributed by atoms with Gasteiger partial charge in [0.05, 0.1) is 0 Å². The fourth-order valence-electron chi connectivity index (χ4n) is 3.08. The average molecular weight is 223 g/mol. The van der Waals surface area contributed by atoms with Crippen molar-refractivity contribution in [1.29, 1.82) is 5.41 Å². The summed E-state index contributed by atoms with van der Waals surface area (Å²) >= 11 is 0. The molecular formula is C12H21N3O. The molecule has 1 spiro atoms. The third-order valence-electron chi connectivity index (χ3n) is 3.96. The minimum Gasteiger partial charge on any atom is -0.312 e. The van der Waals surface area contributed by atoms with E-state index >= 15 is 0 Å². The Morgan fingerprint density at radius 3 is 2.38 bits per heavy atom. The average Bonchev–Trinajstić information content (AvgIpc) is 2.44. The molecule has 0 radical (unpaired) electrons. The molecule has 2 aliphatic rings. The van der Waals surface area contributed by atoms with E-state index in [-0.39, 0.29) is 11.6 Å². The summed E-state index contributed by atoms with van der Waals surface area (Å²) < 4.78 is 0. The highest BCUT2D eigenvalue weighted by Crippen LogP contribution is 2.35. The summed E-state index contributed by atoms with van der Waals surface area (Å²) in [6.45, 7) is 2.70. The van der Waals surface area contributed by atoms with Gasteiger partial charge in [-0.3, -0.25) is 10.7 Å². The van der Waals surface area contributed by atoms with Crippen LogP contribution in [0.5, 0.6) is 0 Å². The van der Waals surface area contributed by atoms with Crippen molar-refractivity contribution in [2.45, 2.75) is 57.4 Å². The van der Waals surface area contributed by atoms with Crippen LogP contribution in [0.15, 0.2) is 0 Å². The number of carbonyl (C=O) groups excluding carboxylic acids is 1. The van der Waals surface area contributed by atoms with Crippen LogP contribution in [-0.2, 0) is 0 Å². The van der Waals surface area contributed by atoms with Gasteiger partial charge in [0.2, 0.25) is 0 Å². The molecule has 1 aliphatic heterocycles. The van der Waals surface area contributed by atoms with Gasteiger partial charge in [-0.25, -0.2) is 4.79 Å². The summed E-state index contributed by atoms with van der Waals surface area (Å²) in [6, 6.07) is -0.0759. The Hall–Kier alpha value is -1.06. The molecule has 1 saturated carbocycles. The second kappa shape index (κ2) is 4.44. The van der Waals surface area contributed by atoms with Crippen molar-refractivity contribution in [3.8, 4) is 0 Å². The molecule has 0 bridgehead atoms. The number of rotatable bonds is 1. The summed E-state index contributed by atoms with van der Waals surface area (Å²) in [5.41, 5.74) is -0.299. The molecule has 1 heterocycles. The van der Waals surface area contributed by atoms with Gasteiger partial charge in [-0.05, 0) is 19.8 Å². The van der Waals surface area contributed by atoms with Gasteiger partial charge in [-0.1, -0.05) is 32.1 Å². The van der Waals surface area contributed by atoms with Gasteiger partial charge in [-0.2, -0.15) is 0 Å². The second-order valence-corrected chi connectivity index (χ2v) is 4.85. The molecule has 4 heteroatoms. The zero-order valence-corrected chi connectivity index (χ0v) is 10.0. The minimum atomic E-state index is -0.299. The number of amides is 2. The monoisotopic (exact) mass is 223 g/mol. The van der Waals surface area contributed by atoms with Crippen LogP contribution >= 0.6 is 0 Å². The Labute approximate surface area is 96.9 Å². The normalized spacial score (nSPS) is 25.4. The highest BCUT2D eigenvalue weighted by Gasteiger charge is 2.48. The maximum Gasteiger partial charge on any atom is 0.323 e. The summed E-state index contributed by atoms with van der Waals surface area (Å²) in [5.74, 6) is 0.432. The van der Waals surface area contributed by atoms with Crippen LogP contribution < -0.4 is 5.32 Å². The predicted molar refractivity (Wildman–Crippen MR) is 63.7 cm³/mol. The van der Waals surface area contributed by atoms with Gasteiger partial charge < -0.3 is 4.90 Å². The summed E-state index contributed by atoms with van der Waals surface area (Å²) in [4.78, 5) is 13.6. The van der Waals surface area contributed by atoms with E-state index in [1.807, 2.05) is 11.8 Å². The van der Waals surface area contributed by atoms with E-state index in [1.165, 1.54) is 19.3 Å². The quantitative estimate of drug-likeness (QED) is 0.705. The topological polar surface area (TPSA) is 56.2 Å². The molecule has 0 aromatic rings. The maximum atomic E-state index is 11.8. The zero-order chi connectivity index (χ0) is 11.6. The number of nitrogens with zero attached hydrogens (tertiary/aromatic N) is 1. The molecule has 0 unspecified atom stereocenters. The van der Waals surface area contributed by atoms with Gasteiger partial charge in [0.15, 0.2) is 0 Å². The zero-order valence-electron chi connectivity index (χ0n) is 10.0. The van der Waals surface area contributed by atoms with Gasteiger partial charge in [0.1, 0.15) is 11.4 Å². The fraction of sp³-hybridized carbons (Fsp3) is 0.833. The minimum absolute atomic E-state index is 0.0759. The molecule has 2 fully saturated rings. The van der Waals surface area contributed by atoms with Gasteiger partial charge in [0, 0.05) is 6.54 Å². The van der Waals surface area contributed by atoms with Crippen molar-refractivity contribution in [2.24, 2.45) is 0 Å². The lowest BCUT2D eigenvalue weighted by Gasteiger charge is -2.37. The van der Waals surface area contributed by atoms with Crippen LogP contribution in [0.1, 0.15) is 51.9 Å². The molecule has 16 heavy (non-hydrogen) atoms. The number of hydrogen-bond donors (Lipinski definition) is 2. The van der Waals surface area contributed by atoms with Crippen molar-refractivity contribution >= 4 is 11.9 Å². The second-order valence-electron chi connectivity index (χ2n) is 4.85. The highest BCUT2D eigenvalue weighted by atomic mass is 16.2. The first-order chi connectivity index (χ1) is 7.70. The largest absolute Gasteiger partial charge is 0.323 e. The maximum absolute atomic E-state index is 11.8. The van der Waals surface area contributed by atoms with Crippen molar-refractivity contribution in [3.63, 3.8) is 0 Å². The first kappa shape index (κ1) is 11.4. The van der Waals surface area contributed by atoms with Gasteiger partial charge in [0.25, 0.3) is 0 Å². The van der Waals surface area contributed by atoms with E-state index in [9.17, 15) is 4.79 Å². The number of hydrogen-bond acceptors (Lipinski definition) is 2. The van der Waals surface area contributed by atoms with Crippen LogP contribution in [0, 0.1) is 5.41 Å². The highest BCUT2D eigenvalue weighted by molar-refractivity contribution is 6.08. The van der Waals surface area contributed by atoms with Crippen LogP contribution in [0.3, 0.4) is 0 Å². The van der Waals surface area contributed by atoms with E-state index in [0.717, 1.165) is 25.7 Å². The molecular weight excluding hydrogens is 202 g/mol. The predicted octanol–water partition coefficient (Wildman–Crippen LogP) is 2.49. The Morgan fingerprint density at radius 2 is 1.81 bits per heavy atom. The van der Waals surface area contributed by atoms with Crippen molar-refractivity contribution in [1.82, 2.24) is 10.2 Å². The molecule has 2 N–H and O–H groups in total. The third kappa shape index (κ3) is 1.70. The first-order valence-corrected chi connectivity index (χ1v) is 6.38. The smallest absolute Gasteiger partial charge is 0.312 e. The third-order valence-corrected chi connectivity index (χ3v) is 3.96. The Kier molecular flexibility index (Phi) is 3.17. The first-order valence-electron chi connectivity index (χ1n) is 6.38. The molecule has 2 amide bonds. The van der Waals surface area contributed by atoms with Crippen LogP contribution in [0.4, 0.5) is 4.79 Å². The Balaban J connectivity index is 2.23. The standard InChI is InChI=1S/C12H21N3O/c1-2-15-11(16)14-10(13)12(15)8-6-4-3-5-7-9-12/h2-9H2,1H3,(H2,13,14,16). The summed E-state index contributed by atoms with van der Waals surface area (Å²) in [5, 5.41) is 10.7. The van der Waals surface area contributed by atoms with E-state index in [1.54, 1.807) is 0 Å². The molecule has 2 rings (SSSR count). The van der Waals surface area contributed by atoms with Crippen LogP contribution in [0.25, 0.3) is 0 Å². The fourth-order valence-corrected chi connectivity index (χ4v) is 3.08. The van der Waals surface area contributed by atoms with Crippen LogP contribution in [-0.4, -0.2) is 28.9 Å². The molecule has 0 aromatic heterocycles. The SMILES string of the molecule is CCN1C(=O)NC(=N)C12CCCCCCC2. The lowest BCUT2D eigenvalue weighted by Crippen LogP contribution is -2.49. The Morgan fingerprint density at radius 1 is 1.25 bits per heavy atom. The number of likely N-dealkylation sites (N-methyl/N-ethyl adjacent to an activating group) is 1. The van der Waals surface area contributed by atoms with Gasteiger partial charge >= 0.3 is 6.03 Å². The van der Waals surface area contributed by atoms with E-state index in [0.29, 0.717) is 12.4 Å². The Bertz CT molecular complexity index is 293. The van der Waals surface area contributed by atoms with Gasteiger partial charge in [-0.15, -0.1) is 0 Å². The molecule has 1 saturated heterocycles. The number of urea groups is 1. The van der Waals surface area contributed by atoms with Crippen molar-refractivity contribution in [3.05, 3.63) is 0 Å². The van der Waals surface area contributed by atoms with E-state index in [4.69, 9.17) is 5.41 Å². The van der Waals surface area contributed by atoms with Crippen molar-refractivity contribution in [2.75, 3.05) is 6.54 Å². The number of amidine groups is 1. The number of nitrogens with one attached hydrogen (secondary N) is 2. The summed E-state index contributed by atoms with van der Waals surface area (Å²) in [7, 11) is 0. The van der Waals surface area contributed by atoms with Crippen molar-refractivity contribution < 1.29 is 4.79 Å². The molecule has 0 atom stereocenters. The van der Waals surface area contributed by atoms with Crippen LogP contribution in [0.2, 0.25) is 0 Å². The molecule has 4 nitrogen and oxygen atoms in total. The summed E-state index contributed by atoms with van der Waals surface area (Å²) in [6.07, 6.45) is 7.96.